The highest BCUT2D eigenvalue weighted by atomic mass is 32.2. The molecule has 1 N–H and O–H groups in total. The van der Waals surface area contributed by atoms with Gasteiger partial charge < -0.3 is 0 Å². The van der Waals surface area contributed by atoms with Gasteiger partial charge in [-0.1, -0.05) is 0 Å². The molecular formula is C12H15N3O2S2. The molecule has 2 aromatic heterocycles. The van der Waals surface area contributed by atoms with Crippen LogP contribution in [-0.4, -0.2) is 31.2 Å². The lowest BCUT2D eigenvalue weighted by atomic mass is 10.3. The lowest BCUT2D eigenvalue weighted by Crippen LogP contribution is -2.24. The number of nitrogens with zero attached hydrogens (tertiary/aromatic N) is 2. The van der Waals surface area contributed by atoms with Gasteiger partial charge in [-0.15, -0.1) is 11.3 Å². The summed E-state index contributed by atoms with van der Waals surface area (Å²) in [5, 5.41) is 0.917. The molecule has 0 amide bonds. The molecule has 0 aliphatic heterocycles. The molecule has 0 aliphatic rings. The van der Waals surface area contributed by atoms with Crippen molar-refractivity contribution in [2.45, 2.75) is 13.3 Å². The second kappa shape index (κ2) is 5.77. The molecule has 0 atom stereocenters. The number of nitrogens with one attached hydrogen (secondary N) is 1. The van der Waals surface area contributed by atoms with Crippen LogP contribution in [0.25, 0.3) is 10.6 Å². The van der Waals surface area contributed by atoms with Crippen LogP contribution < -0.4 is 4.72 Å². The predicted molar refractivity (Wildman–Crippen MR) is 76.6 cm³/mol. The summed E-state index contributed by atoms with van der Waals surface area (Å²) in [5.74, 6) is 0. The van der Waals surface area contributed by atoms with Gasteiger partial charge in [-0.2, -0.15) is 0 Å². The topological polar surface area (TPSA) is 72.0 Å². The fourth-order valence-corrected chi connectivity index (χ4v) is 3.15. The third kappa shape index (κ3) is 4.09. The van der Waals surface area contributed by atoms with Crippen molar-refractivity contribution < 1.29 is 8.42 Å². The first-order valence-corrected chi connectivity index (χ1v) is 8.48. The Morgan fingerprint density at radius 3 is 2.84 bits per heavy atom. The average Bonchev–Trinajstić information content (AvgIpc) is 2.71. The summed E-state index contributed by atoms with van der Waals surface area (Å²) >= 11 is 1.58. The smallest absolute Gasteiger partial charge is 0.208 e. The second-order valence-corrected chi connectivity index (χ2v) is 7.10. The fourth-order valence-electron chi connectivity index (χ4n) is 1.62. The van der Waals surface area contributed by atoms with Gasteiger partial charge in [-0.05, 0) is 25.5 Å². The molecular weight excluding hydrogens is 282 g/mol. The first kappa shape index (κ1) is 14.1. The number of thiazole rings is 1. The van der Waals surface area contributed by atoms with Crippen LogP contribution in [0.5, 0.6) is 0 Å². The second-order valence-electron chi connectivity index (χ2n) is 4.19. The molecule has 0 saturated carbocycles. The third-order valence-electron chi connectivity index (χ3n) is 2.52. The molecule has 2 aromatic rings. The average molecular weight is 297 g/mol. The number of sulfonamides is 1. The van der Waals surface area contributed by atoms with Crippen LogP contribution in [0, 0.1) is 6.92 Å². The summed E-state index contributed by atoms with van der Waals surface area (Å²) in [5.41, 5.74) is 1.93. The Balaban J connectivity index is 2.09. The molecule has 0 bridgehead atoms. The molecule has 0 radical (unpaired) electrons. The minimum Gasteiger partial charge on any atom is -0.264 e. The summed E-state index contributed by atoms with van der Waals surface area (Å²) in [4.78, 5) is 9.66. The van der Waals surface area contributed by atoms with E-state index in [-0.39, 0.29) is 0 Å². The van der Waals surface area contributed by atoms with E-state index in [2.05, 4.69) is 14.7 Å². The maximum Gasteiger partial charge on any atom is 0.208 e. The normalized spacial score (nSPS) is 11.7. The Morgan fingerprint density at radius 2 is 2.21 bits per heavy atom. The van der Waals surface area contributed by atoms with E-state index in [1.165, 1.54) is 0 Å². The number of aromatic nitrogens is 2. The largest absolute Gasteiger partial charge is 0.264 e. The molecule has 7 heteroatoms. The van der Waals surface area contributed by atoms with Crippen LogP contribution in [0.1, 0.15) is 10.6 Å². The van der Waals surface area contributed by atoms with E-state index >= 15 is 0 Å². The van der Waals surface area contributed by atoms with Crippen LogP contribution in [0.4, 0.5) is 0 Å². The van der Waals surface area contributed by atoms with Crippen molar-refractivity contribution in [1.29, 1.82) is 0 Å². The molecule has 0 aliphatic carbocycles. The Hall–Kier alpha value is -1.31. The Kier molecular flexibility index (Phi) is 4.28. The molecule has 0 saturated heterocycles. The highest BCUT2D eigenvalue weighted by molar-refractivity contribution is 7.88. The maximum absolute atomic E-state index is 11.0. The minimum atomic E-state index is -3.13. The quantitative estimate of drug-likeness (QED) is 0.910. The van der Waals surface area contributed by atoms with Crippen molar-refractivity contribution in [3.8, 4) is 10.6 Å². The molecule has 0 aromatic carbocycles. The van der Waals surface area contributed by atoms with Crippen LogP contribution in [0.3, 0.4) is 0 Å². The summed E-state index contributed by atoms with van der Waals surface area (Å²) < 4.78 is 24.5. The summed E-state index contributed by atoms with van der Waals surface area (Å²) in [6.45, 7) is 2.33. The van der Waals surface area contributed by atoms with Crippen LogP contribution in [0.2, 0.25) is 0 Å². The van der Waals surface area contributed by atoms with Gasteiger partial charge in [0.25, 0.3) is 0 Å². The number of hydrogen-bond donors (Lipinski definition) is 1. The zero-order valence-electron chi connectivity index (χ0n) is 10.8. The van der Waals surface area contributed by atoms with Gasteiger partial charge in [0.05, 0.1) is 11.9 Å². The Labute approximate surface area is 116 Å². The zero-order valence-corrected chi connectivity index (χ0v) is 12.4. The standard InChI is InChI=1S/C12H15N3O2S2/c1-9-11(5-7-14-19(2,16)17)18-12(15-9)10-4-3-6-13-8-10/h3-4,6,8,14H,5,7H2,1-2H3. The van der Waals surface area contributed by atoms with Gasteiger partial charge in [-0.25, -0.2) is 18.1 Å². The van der Waals surface area contributed by atoms with Gasteiger partial charge in [0, 0.05) is 29.4 Å². The van der Waals surface area contributed by atoms with Gasteiger partial charge >= 0.3 is 0 Å². The maximum atomic E-state index is 11.0. The van der Waals surface area contributed by atoms with E-state index in [4.69, 9.17) is 0 Å². The van der Waals surface area contributed by atoms with Gasteiger partial charge in [0.1, 0.15) is 5.01 Å². The molecule has 2 heterocycles. The minimum absolute atomic E-state index is 0.397. The van der Waals surface area contributed by atoms with Crippen LogP contribution in [-0.2, 0) is 16.4 Å². The molecule has 102 valence electrons. The van der Waals surface area contributed by atoms with Crippen molar-refractivity contribution in [2.75, 3.05) is 12.8 Å². The molecule has 0 unspecified atom stereocenters. The summed E-state index contributed by atoms with van der Waals surface area (Å²) in [6, 6.07) is 3.83. The van der Waals surface area contributed by atoms with E-state index < -0.39 is 10.0 Å². The molecule has 0 spiro atoms. The number of aryl methyl sites for hydroxylation is 1. The lowest BCUT2D eigenvalue weighted by molar-refractivity contribution is 0.588. The van der Waals surface area contributed by atoms with Crippen LogP contribution in [0.15, 0.2) is 24.5 Å². The van der Waals surface area contributed by atoms with Crippen molar-refractivity contribution in [3.05, 3.63) is 35.1 Å². The Bertz CT molecular complexity index is 651. The van der Waals surface area contributed by atoms with E-state index in [0.29, 0.717) is 13.0 Å². The number of pyridine rings is 1. The number of hydrogen-bond acceptors (Lipinski definition) is 5. The highest BCUT2D eigenvalue weighted by Gasteiger charge is 2.10. The molecule has 5 nitrogen and oxygen atoms in total. The van der Waals surface area contributed by atoms with Crippen molar-refractivity contribution in [2.24, 2.45) is 0 Å². The van der Waals surface area contributed by atoms with E-state index in [1.807, 2.05) is 19.1 Å². The van der Waals surface area contributed by atoms with Gasteiger partial charge in [0.2, 0.25) is 10.0 Å². The lowest BCUT2D eigenvalue weighted by Gasteiger charge is -2.00. The third-order valence-corrected chi connectivity index (χ3v) is 4.51. The summed E-state index contributed by atoms with van der Waals surface area (Å²) in [6.07, 6.45) is 5.31. The van der Waals surface area contributed by atoms with Gasteiger partial charge in [-0.3, -0.25) is 4.98 Å². The van der Waals surface area contributed by atoms with Crippen molar-refractivity contribution in [3.63, 3.8) is 0 Å². The monoisotopic (exact) mass is 297 g/mol. The van der Waals surface area contributed by atoms with Gasteiger partial charge in [0.15, 0.2) is 0 Å². The first-order chi connectivity index (χ1) is 8.96. The van der Waals surface area contributed by atoms with Crippen molar-refractivity contribution in [1.82, 2.24) is 14.7 Å². The SMILES string of the molecule is Cc1nc(-c2cccnc2)sc1CCNS(C)(=O)=O. The molecule has 0 fully saturated rings. The van der Waals surface area contributed by atoms with Crippen molar-refractivity contribution >= 4 is 21.4 Å². The number of rotatable bonds is 5. The van der Waals surface area contributed by atoms with Crippen LogP contribution >= 0.6 is 11.3 Å². The summed E-state index contributed by atoms with van der Waals surface area (Å²) in [7, 11) is -3.13. The molecule has 19 heavy (non-hydrogen) atoms. The zero-order chi connectivity index (χ0) is 13.9. The fraction of sp³-hybridized carbons (Fsp3) is 0.333. The predicted octanol–water partition coefficient (Wildman–Crippen LogP) is 1.61. The first-order valence-electron chi connectivity index (χ1n) is 5.77. The van der Waals surface area contributed by atoms with E-state index in [0.717, 1.165) is 27.4 Å². The van der Waals surface area contributed by atoms with E-state index in [1.54, 1.807) is 23.7 Å². The highest BCUT2D eigenvalue weighted by Crippen LogP contribution is 2.27. The van der Waals surface area contributed by atoms with E-state index in [9.17, 15) is 8.42 Å². The Morgan fingerprint density at radius 1 is 1.42 bits per heavy atom. The molecule has 2 rings (SSSR count).